The van der Waals surface area contributed by atoms with Crippen molar-refractivity contribution in [3.05, 3.63) is 71.0 Å². The van der Waals surface area contributed by atoms with Crippen LogP contribution in [-0.2, 0) is 16.1 Å². The minimum atomic E-state index is -1.33. The zero-order valence-corrected chi connectivity index (χ0v) is 27.5. The highest BCUT2D eigenvalue weighted by Gasteiger charge is 2.22. The van der Waals surface area contributed by atoms with Gasteiger partial charge in [-0.1, -0.05) is 6.42 Å². The SMILES string of the molecule is NCCCCCC(=O)Nc1ccc(C(=O)O)c(C(=O)NCCC[C@H](NC(=O)c2ccc(NCc3cnc4nc(N)nc(N)c4n3)cc2)C(=O)O)c1. The zero-order chi connectivity index (χ0) is 36.9. The number of fused-ring (bicyclic) bond motifs is 1. The van der Waals surface area contributed by atoms with Gasteiger partial charge in [-0.2, -0.15) is 9.97 Å². The normalized spacial score (nSPS) is 11.4. The molecule has 2 aromatic carbocycles. The molecule has 18 heteroatoms. The van der Waals surface area contributed by atoms with Crippen molar-refractivity contribution in [2.24, 2.45) is 5.73 Å². The lowest BCUT2D eigenvalue weighted by molar-refractivity contribution is -0.139. The fourth-order valence-electron chi connectivity index (χ4n) is 4.93. The van der Waals surface area contributed by atoms with Crippen molar-refractivity contribution in [1.82, 2.24) is 30.6 Å². The molecule has 0 unspecified atom stereocenters. The van der Waals surface area contributed by atoms with E-state index in [0.29, 0.717) is 29.9 Å². The summed E-state index contributed by atoms with van der Waals surface area (Å²) in [5.41, 5.74) is 18.8. The summed E-state index contributed by atoms with van der Waals surface area (Å²) in [6.07, 6.45) is 4.12. The number of carboxylic acid groups (broad SMARTS) is 2. The highest BCUT2D eigenvalue weighted by molar-refractivity contribution is 6.06. The molecule has 0 aliphatic carbocycles. The molecule has 1 atom stereocenters. The minimum absolute atomic E-state index is 0.00643. The molecule has 2 heterocycles. The smallest absolute Gasteiger partial charge is 0.336 e. The molecule has 3 amide bonds. The Balaban J connectivity index is 1.26. The van der Waals surface area contributed by atoms with E-state index in [1.54, 1.807) is 12.1 Å². The van der Waals surface area contributed by atoms with E-state index in [1.165, 1.54) is 36.5 Å². The largest absolute Gasteiger partial charge is 0.480 e. The first-order chi connectivity index (χ1) is 24.4. The van der Waals surface area contributed by atoms with Crippen LogP contribution in [0.15, 0.2) is 48.7 Å². The van der Waals surface area contributed by atoms with Gasteiger partial charge in [0.05, 0.1) is 29.6 Å². The molecular weight excluding hydrogens is 662 g/mol. The number of rotatable bonds is 18. The number of carboxylic acids is 2. The van der Waals surface area contributed by atoms with Gasteiger partial charge in [0, 0.05) is 29.9 Å². The number of benzene rings is 2. The number of unbranched alkanes of at least 4 members (excludes halogenated alkanes) is 2. The van der Waals surface area contributed by atoms with Crippen molar-refractivity contribution >= 4 is 64.0 Å². The average molecular weight is 702 g/mol. The monoisotopic (exact) mass is 701 g/mol. The van der Waals surface area contributed by atoms with Crippen LogP contribution >= 0.6 is 0 Å². The van der Waals surface area contributed by atoms with Crippen LogP contribution in [0, 0.1) is 0 Å². The number of aromatic carboxylic acids is 1. The number of nitrogen functional groups attached to an aromatic ring is 2. The molecule has 0 spiro atoms. The number of hydrogen-bond donors (Lipinski definition) is 9. The van der Waals surface area contributed by atoms with Crippen molar-refractivity contribution in [2.75, 3.05) is 35.2 Å². The second kappa shape index (κ2) is 17.8. The van der Waals surface area contributed by atoms with Gasteiger partial charge in [-0.15, -0.1) is 0 Å². The molecule has 0 aliphatic heterocycles. The van der Waals surface area contributed by atoms with Crippen LogP contribution in [-0.4, -0.2) is 78.9 Å². The van der Waals surface area contributed by atoms with E-state index in [0.717, 1.165) is 12.8 Å². The van der Waals surface area contributed by atoms with E-state index in [9.17, 15) is 34.2 Å². The van der Waals surface area contributed by atoms with Gasteiger partial charge in [0.25, 0.3) is 11.8 Å². The van der Waals surface area contributed by atoms with Crippen molar-refractivity contribution < 1.29 is 34.2 Å². The summed E-state index contributed by atoms with van der Waals surface area (Å²) >= 11 is 0. The van der Waals surface area contributed by atoms with E-state index in [-0.39, 0.29) is 78.1 Å². The summed E-state index contributed by atoms with van der Waals surface area (Å²) in [5, 5.41) is 30.1. The molecule has 268 valence electrons. The van der Waals surface area contributed by atoms with E-state index in [1.807, 2.05) is 0 Å². The van der Waals surface area contributed by atoms with E-state index in [2.05, 4.69) is 41.2 Å². The van der Waals surface area contributed by atoms with Crippen LogP contribution in [0.2, 0.25) is 0 Å². The summed E-state index contributed by atoms with van der Waals surface area (Å²) in [7, 11) is 0. The van der Waals surface area contributed by atoms with Crippen LogP contribution in [0.25, 0.3) is 11.2 Å². The molecule has 18 nitrogen and oxygen atoms in total. The topological polar surface area (TPSA) is 304 Å². The fourth-order valence-corrected chi connectivity index (χ4v) is 4.93. The number of carbonyl (C=O) groups is 5. The third-order valence-corrected chi connectivity index (χ3v) is 7.57. The molecule has 0 aliphatic rings. The minimum Gasteiger partial charge on any atom is -0.480 e. The quantitative estimate of drug-likeness (QED) is 0.0667. The molecule has 51 heavy (non-hydrogen) atoms. The number of aromatic nitrogens is 4. The molecule has 0 radical (unpaired) electrons. The van der Waals surface area contributed by atoms with E-state index >= 15 is 0 Å². The molecule has 4 aromatic rings. The van der Waals surface area contributed by atoms with Crippen molar-refractivity contribution in [2.45, 2.75) is 51.1 Å². The molecule has 4 rings (SSSR count). The number of carbonyl (C=O) groups excluding carboxylic acids is 3. The summed E-state index contributed by atoms with van der Waals surface area (Å²) in [4.78, 5) is 78.1. The Morgan fingerprint density at radius 3 is 2.27 bits per heavy atom. The first kappa shape index (κ1) is 37.4. The van der Waals surface area contributed by atoms with Gasteiger partial charge in [0.1, 0.15) is 6.04 Å². The summed E-state index contributed by atoms with van der Waals surface area (Å²) in [5.74, 6) is -4.10. The Labute approximate surface area is 291 Å². The number of anilines is 4. The Kier molecular flexibility index (Phi) is 13.1. The van der Waals surface area contributed by atoms with Gasteiger partial charge < -0.3 is 48.7 Å². The number of nitrogens with one attached hydrogen (secondary N) is 4. The predicted octanol–water partition coefficient (Wildman–Crippen LogP) is 1.75. The van der Waals surface area contributed by atoms with Gasteiger partial charge in [-0.25, -0.2) is 19.6 Å². The van der Waals surface area contributed by atoms with Crippen molar-refractivity contribution in [1.29, 1.82) is 0 Å². The maximum atomic E-state index is 12.9. The third kappa shape index (κ3) is 10.8. The second-order valence-corrected chi connectivity index (χ2v) is 11.4. The van der Waals surface area contributed by atoms with Crippen LogP contribution < -0.4 is 38.5 Å². The standard InChI is InChI=1S/C33H39N11O7/c34-13-3-1-2-6-25(45)40-20-11-12-22(31(48)49)23(15-20)30(47)37-14-4-5-24(32(50)51)42-29(46)18-7-9-19(10-8-18)38-16-21-17-39-28-26(41-21)27(35)43-33(36)44-28/h7-12,15,17,24,38H,1-6,13-14,16,34H2,(H,37,47)(H,40,45)(H,42,46)(H,48,49)(H,50,51)(H4,35,36,39,43,44)/t24-/m0/s1. The van der Waals surface area contributed by atoms with Crippen molar-refractivity contribution in [3.63, 3.8) is 0 Å². The first-order valence-corrected chi connectivity index (χ1v) is 16.0. The Morgan fingerprint density at radius 1 is 0.824 bits per heavy atom. The molecule has 2 aromatic heterocycles. The van der Waals surface area contributed by atoms with Gasteiger partial charge >= 0.3 is 11.9 Å². The fraction of sp³-hybridized carbons (Fsp3) is 0.303. The highest BCUT2D eigenvalue weighted by atomic mass is 16.4. The third-order valence-electron chi connectivity index (χ3n) is 7.57. The molecule has 0 bridgehead atoms. The number of nitrogens with zero attached hydrogens (tertiary/aromatic N) is 4. The van der Waals surface area contributed by atoms with Crippen molar-refractivity contribution in [3.8, 4) is 0 Å². The molecule has 0 fully saturated rings. The number of amides is 3. The van der Waals surface area contributed by atoms with Gasteiger partial charge in [0.15, 0.2) is 17.0 Å². The summed E-state index contributed by atoms with van der Waals surface area (Å²) in [6.45, 7) is 0.795. The Bertz CT molecular complexity index is 1900. The van der Waals surface area contributed by atoms with Gasteiger partial charge in [-0.3, -0.25) is 14.4 Å². The average Bonchev–Trinajstić information content (AvgIpc) is 3.10. The molecular formula is C33H39N11O7. The van der Waals surface area contributed by atoms with Crippen LogP contribution in [0.3, 0.4) is 0 Å². The number of hydrogen-bond acceptors (Lipinski definition) is 13. The lowest BCUT2D eigenvalue weighted by atomic mass is 10.0. The number of nitrogens with two attached hydrogens (primary N) is 3. The lowest BCUT2D eigenvalue weighted by Gasteiger charge is -2.15. The predicted molar refractivity (Wildman–Crippen MR) is 188 cm³/mol. The van der Waals surface area contributed by atoms with Gasteiger partial charge in [0.2, 0.25) is 11.9 Å². The summed E-state index contributed by atoms with van der Waals surface area (Å²) < 4.78 is 0. The second-order valence-electron chi connectivity index (χ2n) is 11.4. The van der Waals surface area contributed by atoms with E-state index < -0.39 is 29.8 Å². The van der Waals surface area contributed by atoms with Gasteiger partial charge in [-0.05, 0) is 74.7 Å². The highest BCUT2D eigenvalue weighted by Crippen LogP contribution is 2.18. The maximum absolute atomic E-state index is 12.9. The first-order valence-electron chi connectivity index (χ1n) is 16.0. The van der Waals surface area contributed by atoms with Crippen LogP contribution in [0.1, 0.15) is 75.3 Å². The summed E-state index contributed by atoms with van der Waals surface area (Å²) in [6, 6.07) is 8.97. The molecule has 0 saturated heterocycles. The Morgan fingerprint density at radius 2 is 1.57 bits per heavy atom. The van der Waals surface area contributed by atoms with E-state index in [4.69, 9.17) is 17.2 Å². The Hall–Kier alpha value is -6.43. The van der Waals surface area contributed by atoms with Crippen LogP contribution in [0.4, 0.5) is 23.1 Å². The molecule has 12 N–H and O–H groups in total. The number of aliphatic carboxylic acids is 1. The van der Waals surface area contributed by atoms with Crippen LogP contribution in [0.5, 0.6) is 0 Å². The lowest BCUT2D eigenvalue weighted by Crippen LogP contribution is -2.41. The zero-order valence-electron chi connectivity index (χ0n) is 27.5. The maximum Gasteiger partial charge on any atom is 0.336 e. The molecule has 0 saturated carbocycles.